The summed E-state index contributed by atoms with van der Waals surface area (Å²) in [6.07, 6.45) is 0. The van der Waals surface area contributed by atoms with E-state index in [1.807, 2.05) is 11.4 Å². The molecule has 0 saturated heterocycles. The van der Waals surface area contributed by atoms with Crippen LogP contribution in [0.5, 0.6) is 0 Å². The third-order valence-electron chi connectivity index (χ3n) is 2.09. The Morgan fingerprint density at radius 3 is 2.21 bits per heavy atom. The van der Waals surface area contributed by atoms with Crippen molar-refractivity contribution >= 4 is 16.3 Å². The molecule has 0 bridgehead atoms. The van der Waals surface area contributed by atoms with E-state index >= 15 is 0 Å². The summed E-state index contributed by atoms with van der Waals surface area (Å²) in [5.41, 5.74) is 2.21. The first-order valence-electron chi connectivity index (χ1n) is 5.36. The van der Waals surface area contributed by atoms with Crippen LogP contribution in [0, 0.1) is 24.1 Å². The van der Waals surface area contributed by atoms with Gasteiger partial charge in [0.25, 0.3) is 0 Å². The third-order valence-corrected chi connectivity index (χ3v) is 3.30. The maximum atomic E-state index is 8.49. The molecule has 0 aliphatic carbocycles. The van der Waals surface area contributed by atoms with Crippen molar-refractivity contribution in [3.63, 3.8) is 0 Å². The number of aryl methyl sites for hydroxylation is 2. The summed E-state index contributed by atoms with van der Waals surface area (Å²) >= 11 is 1.67. The molecule has 0 unspecified atom stereocenters. The molecule has 0 radical (unpaired) electrons. The minimum absolute atomic E-state index is 0.474. The van der Waals surface area contributed by atoms with Gasteiger partial charge < -0.3 is 0 Å². The molecule has 0 fully saturated rings. The van der Waals surface area contributed by atoms with Crippen LogP contribution < -0.4 is 23.2 Å². The molecule has 7 nitrogen and oxygen atoms in total. The minimum Gasteiger partial charge on any atom is -0.222 e. The van der Waals surface area contributed by atoms with Crippen molar-refractivity contribution in [2.24, 2.45) is 0 Å². The fraction of sp³-hybridized carbons (Fsp3) is 0.500. The maximum Gasteiger partial charge on any atom is 0.410 e. The molecule has 9 heteroatoms. The van der Waals surface area contributed by atoms with Gasteiger partial charge in [0.15, 0.2) is 5.69 Å². The third kappa shape index (κ3) is 5.31. The lowest BCUT2D eigenvalue weighted by atomic mass is 10.2. The molecular weight excluding hydrogens is 294 g/mol. The molecule has 106 valence electrons. The topological polar surface area (TPSA) is 122 Å². The van der Waals surface area contributed by atoms with Gasteiger partial charge in [0.05, 0.1) is 0 Å². The van der Waals surface area contributed by atoms with E-state index in [0.717, 1.165) is 21.4 Å². The monoisotopic (exact) mass is 307 g/mol. The lowest BCUT2D eigenvalue weighted by molar-refractivity contribution is -2.00. The van der Waals surface area contributed by atoms with Gasteiger partial charge >= 0.3 is 4.96 Å². The second-order valence-electron chi connectivity index (χ2n) is 4.21. The van der Waals surface area contributed by atoms with Crippen LogP contribution >= 0.6 is 11.3 Å². The number of aromatic nitrogens is 3. The van der Waals surface area contributed by atoms with Crippen molar-refractivity contribution in [3.05, 3.63) is 22.5 Å². The van der Waals surface area contributed by atoms with Crippen LogP contribution in [0.25, 0.3) is 4.96 Å². The molecule has 2 rings (SSSR count). The van der Waals surface area contributed by atoms with Crippen molar-refractivity contribution in [2.45, 2.75) is 33.6 Å². The molecule has 2 aromatic rings. The Hall–Kier alpha value is -0.900. The first kappa shape index (κ1) is 16.2. The van der Waals surface area contributed by atoms with E-state index in [0.29, 0.717) is 5.92 Å². The second kappa shape index (κ2) is 6.04. The highest BCUT2D eigenvalue weighted by atomic mass is 35.7. The van der Waals surface area contributed by atoms with E-state index in [-0.39, 0.29) is 0 Å². The van der Waals surface area contributed by atoms with Crippen molar-refractivity contribution in [2.75, 3.05) is 0 Å². The Morgan fingerprint density at radius 1 is 1.21 bits per heavy atom. The molecule has 0 spiro atoms. The van der Waals surface area contributed by atoms with Crippen molar-refractivity contribution in [3.8, 4) is 0 Å². The van der Waals surface area contributed by atoms with Gasteiger partial charge in [-0.25, -0.2) is 18.6 Å². The molecule has 0 saturated carbocycles. The maximum absolute atomic E-state index is 8.49. The molecule has 0 aliphatic heterocycles. The van der Waals surface area contributed by atoms with Gasteiger partial charge in [0.1, 0.15) is 10.7 Å². The molecule has 0 aliphatic rings. The molecule has 0 N–H and O–H groups in total. The zero-order valence-corrected chi connectivity index (χ0v) is 12.5. The largest absolute Gasteiger partial charge is 0.410 e. The van der Waals surface area contributed by atoms with Crippen LogP contribution in [-0.4, -0.2) is 10.1 Å². The second-order valence-corrected chi connectivity index (χ2v) is 5.95. The highest BCUT2D eigenvalue weighted by Gasteiger charge is 2.17. The van der Waals surface area contributed by atoms with Crippen LogP contribution in [0.4, 0.5) is 0 Å². The van der Waals surface area contributed by atoms with Gasteiger partial charge in [0, 0.05) is 25.8 Å². The molecule has 19 heavy (non-hydrogen) atoms. The summed E-state index contributed by atoms with van der Waals surface area (Å²) < 4.78 is 35.9. The van der Waals surface area contributed by atoms with Crippen LogP contribution in [0.3, 0.4) is 0 Å². The van der Waals surface area contributed by atoms with Gasteiger partial charge in [-0.15, -0.1) is 10.2 Å². The summed E-state index contributed by atoms with van der Waals surface area (Å²) in [7, 11) is -4.94. The summed E-state index contributed by atoms with van der Waals surface area (Å²) in [4.78, 5) is 5.45. The smallest absolute Gasteiger partial charge is 0.222 e. The summed E-state index contributed by atoms with van der Waals surface area (Å²) in [6, 6.07) is 2.05. The Bertz CT molecular complexity index is 562. The molecule has 2 aromatic heterocycles. The fourth-order valence-corrected chi connectivity index (χ4v) is 2.38. The first-order valence-corrected chi connectivity index (χ1v) is 7.42. The van der Waals surface area contributed by atoms with Gasteiger partial charge in [-0.1, -0.05) is 23.5 Å². The van der Waals surface area contributed by atoms with E-state index < -0.39 is 10.2 Å². The van der Waals surface area contributed by atoms with Crippen molar-refractivity contribution in [1.82, 2.24) is 10.1 Å². The average molecular weight is 308 g/mol. The van der Waals surface area contributed by atoms with E-state index in [1.165, 1.54) is 0 Å². The standard InChI is InChI=1S/C10H14N3S.ClHO4/c1-6(2)9-12-13-8(4)5-7(3)11-10(13)14-9;2-1(3,4)5/h5-6H,1-4H3;(H,2,3,4,5)/q+1;/p-1. The molecule has 0 atom stereocenters. The number of fused-ring (bicyclic) bond motifs is 1. The Morgan fingerprint density at radius 2 is 1.74 bits per heavy atom. The molecular formula is C10H14ClN3O4S. The highest BCUT2D eigenvalue weighted by Crippen LogP contribution is 2.18. The van der Waals surface area contributed by atoms with Crippen molar-refractivity contribution < 1.29 is 33.4 Å². The van der Waals surface area contributed by atoms with Crippen LogP contribution in [0.15, 0.2) is 6.07 Å². The predicted molar refractivity (Wildman–Crippen MR) is 56.6 cm³/mol. The normalized spacial score (nSPS) is 11.6. The Balaban J connectivity index is 0.000000312. The number of nitrogens with zero attached hydrogens (tertiary/aromatic N) is 3. The van der Waals surface area contributed by atoms with Gasteiger partial charge in [-0.2, -0.15) is 0 Å². The number of hydrogen-bond donors (Lipinski definition) is 0. The minimum atomic E-state index is -4.94. The quantitative estimate of drug-likeness (QED) is 0.527. The van der Waals surface area contributed by atoms with E-state index in [9.17, 15) is 0 Å². The van der Waals surface area contributed by atoms with E-state index in [4.69, 9.17) is 18.6 Å². The van der Waals surface area contributed by atoms with Gasteiger partial charge in [-0.05, 0) is 16.3 Å². The molecule has 2 heterocycles. The predicted octanol–water partition coefficient (Wildman–Crippen LogP) is -2.74. The SMILES string of the molecule is Cc1cc(C)[n+]2nc(C(C)C)sc2n1.[O-][Cl+3]([O-])([O-])[O-]. The average Bonchev–Trinajstić information content (AvgIpc) is 2.58. The highest BCUT2D eigenvalue weighted by molar-refractivity contribution is 7.16. The summed E-state index contributed by atoms with van der Waals surface area (Å²) in [5.74, 6) is 0.474. The number of halogens is 1. The van der Waals surface area contributed by atoms with E-state index in [2.05, 4.69) is 36.9 Å². The lowest BCUT2D eigenvalue weighted by Gasteiger charge is -2.17. The Labute approximate surface area is 116 Å². The number of rotatable bonds is 1. The van der Waals surface area contributed by atoms with Gasteiger partial charge in [-0.3, -0.25) is 0 Å². The first-order chi connectivity index (χ1) is 8.58. The van der Waals surface area contributed by atoms with Crippen molar-refractivity contribution in [1.29, 1.82) is 0 Å². The zero-order valence-electron chi connectivity index (χ0n) is 10.9. The zero-order chi connectivity index (χ0) is 14.8. The number of hydrogen-bond acceptors (Lipinski definition) is 7. The molecule has 0 amide bonds. The van der Waals surface area contributed by atoms with Crippen LogP contribution in [0.2, 0.25) is 0 Å². The Kier molecular flexibility index (Phi) is 5.13. The van der Waals surface area contributed by atoms with E-state index in [1.54, 1.807) is 11.3 Å². The summed E-state index contributed by atoms with van der Waals surface area (Å²) in [6.45, 7) is 8.38. The summed E-state index contributed by atoms with van der Waals surface area (Å²) in [5, 5.41) is 5.67. The van der Waals surface area contributed by atoms with Gasteiger partial charge in [0.2, 0.25) is 0 Å². The fourth-order valence-electron chi connectivity index (χ4n) is 1.38. The molecule has 0 aromatic carbocycles. The lowest BCUT2D eigenvalue weighted by Crippen LogP contribution is -2.68. The van der Waals surface area contributed by atoms with Crippen LogP contribution in [-0.2, 0) is 0 Å². The van der Waals surface area contributed by atoms with Crippen LogP contribution in [0.1, 0.15) is 36.2 Å².